The predicted molar refractivity (Wildman–Crippen MR) is 79.2 cm³/mol. The van der Waals surface area contributed by atoms with Gasteiger partial charge in [0.25, 0.3) is 5.91 Å². The fraction of sp³-hybridized carbons (Fsp3) is 0.188. The number of primary amides is 1. The van der Waals surface area contributed by atoms with E-state index >= 15 is 0 Å². The number of amides is 1. The molecule has 1 aromatic heterocycles. The number of nitrogens with zero attached hydrogens (tertiary/aromatic N) is 2. The molecule has 118 valence electrons. The number of aryl methyl sites for hydroxylation is 1. The van der Waals surface area contributed by atoms with Gasteiger partial charge in [0.15, 0.2) is 0 Å². The van der Waals surface area contributed by atoms with Crippen LogP contribution in [0.15, 0.2) is 29.3 Å². The molecule has 0 radical (unpaired) electrons. The van der Waals surface area contributed by atoms with Crippen molar-refractivity contribution in [2.45, 2.75) is 19.6 Å². The van der Waals surface area contributed by atoms with Crippen LogP contribution in [0.25, 0.3) is 11.1 Å². The summed E-state index contributed by atoms with van der Waals surface area (Å²) in [7, 11) is 0. The van der Waals surface area contributed by atoms with Crippen LogP contribution in [0.4, 0.5) is 13.2 Å². The van der Waals surface area contributed by atoms with E-state index in [-0.39, 0.29) is 12.2 Å². The van der Waals surface area contributed by atoms with Crippen molar-refractivity contribution in [1.29, 1.82) is 0 Å². The summed E-state index contributed by atoms with van der Waals surface area (Å²) < 4.78 is 39.3. The summed E-state index contributed by atoms with van der Waals surface area (Å²) in [6, 6.07) is 5.17. The predicted octanol–water partition coefficient (Wildman–Crippen LogP) is 3.11. The van der Waals surface area contributed by atoms with Gasteiger partial charge in [-0.25, -0.2) is 4.98 Å². The topological polar surface area (TPSA) is 68.3 Å². The van der Waals surface area contributed by atoms with Crippen molar-refractivity contribution in [3.05, 3.63) is 52.3 Å². The second kappa shape index (κ2) is 5.19. The minimum absolute atomic E-state index is 0.0727. The first-order chi connectivity index (χ1) is 10.8. The Morgan fingerprint density at radius 1 is 1.22 bits per heavy atom. The Labute approximate surface area is 129 Å². The van der Waals surface area contributed by atoms with E-state index in [9.17, 15) is 18.0 Å². The number of pyridine rings is 1. The molecule has 0 saturated carbocycles. The normalized spacial score (nSPS) is 13.2. The maximum absolute atomic E-state index is 13.1. The van der Waals surface area contributed by atoms with E-state index in [1.165, 1.54) is 6.07 Å². The molecule has 1 amide bonds. The van der Waals surface area contributed by atoms with Gasteiger partial charge in [-0.2, -0.15) is 13.2 Å². The van der Waals surface area contributed by atoms with Crippen LogP contribution in [-0.2, 0) is 12.7 Å². The number of alkyl halides is 3. The van der Waals surface area contributed by atoms with Crippen LogP contribution < -0.4 is 5.73 Å². The molecule has 7 heteroatoms. The van der Waals surface area contributed by atoms with Crippen LogP contribution in [0.3, 0.4) is 0 Å². The lowest BCUT2D eigenvalue weighted by atomic mass is 9.93. The summed E-state index contributed by atoms with van der Waals surface area (Å²) in [6.45, 7) is 1.85. The second-order valence-corrected chi connectivity index (χ2v) is 5.26. The molecule has 2 aromatic rings. The second-order valence-electron chi connectivity index (χ2n) is 5.26. The molecule has 23 heavy (non-hydrogen) atoms. The van der Waals surface area contributed by atoms with E-state index in [0.717, 1.165) is 12.1 Å². The maximum atomic E-state index is 13.1. The molecule has 0 spiro atoms. The third-order valence-corrected chi connectivity index (χ3v) is 3.70. The van der Waals surface area contributed by atoms with Crippen LogP contribution >= 0.6 is 0 Å². The van der Waals surface area contributed by atoms with Gasteiger partial charge in [0.1, 0.15) is 5.69 Å². The van der Waals surface area contributed by atoms with E-state index in [2.05, 4.69) is 9.98 Å². The van der Waals surface area contributed by atoms with Gasteiger partial charge in [-0.1, -0.05) is 6.07 Å². The Morgan fingerprint density at radius 3 is 2.57 bits per heavy atom. The fourth-order valence-electron chi connectivity index (χ4n) is 2.60. The zero-order valence-corrected chi connectivity index (χ0v) is 12.1. The van der Waals surface area contributed by atoms with Gasteiger partial charge in [-0.05, 0) is 36.2 Å². The molecule has 1 aliphatic rings. The van der Waals surface area contributed by atoms with Gasteiger partial charge in [0, 0.05) is 23.0 Å². The van der Waals surface area contributed by atoms with Gasteiger partial charge in [0.05, 0.1) is 12.1 Å². The molecule has 4 nitrogen and oxygen atoms in total. The number of rotatable bonds is 2. The molecule has 1 aliphatic heterocycles. The smallest absolute Gasteiger partial charge is 0.364 e. The van der Waals surface area contributed by atoms with E-state index in [1.54, 1.807) is 19.2 Å². The van der Waals surface area contributed by atoms with E-state index in [1.807, 2.05) is 0 Å². The average Bonchev–Trinajstić information content (AvgIpc) is 2.93. The Kier molecular flexibility index (Phi) is 3.43. The first-order valence-electron chi connectivity index (χ1n) is 6.79. The number of hydrogen-bond acceptors (Lipinski definition) is 3. The number of nitrogens with two attached hydrogens (primary N) is 1. The van der Waals surface area contributed by atoms with Crippen LogP contribution in [0.1, 0.15) is 32.9 Å². The molecule has 0 saturated heterocycles. The van der Waals surface area contributed by atoms with E-state index < -0.39 is 17.6 Å². The highest BCUT2D eigenvalue weighted by molar-refractivity contribution is 5.96. The fourth-order valence-corrected chi connectivity index (χ4v) is 2.60. The summed E-state index contributed by atoms with van der Waals surface area (Å²) >= 11 is 0. The highest BCUT2D eigenvalue weighted by atomic mass is 19.4. The molecular weight excluding hydrogens is 307 g/mol. The first kappa shape index (κ1) is 15.2. The van der Waals surface area contributed by atoms with Gasteiger partial charge in [-0.15, -0.1) is 0 Å². The molecule has 0 bridgehead atoms. The SMILES string of the molecule is Cc1nc(C(N)=O)ccc1-c1cc(C(F)(F)F)cc2c1C=NC2. The summed E-state index contributed by atoms with van der Waals surface area (Å²) in [5.74, 6) is -0.685. The average molecular weight is 319 g/mol. The monoisotopic (exact) mass is 319 g/mol. The number of carbonyl (C=O) groups excluding carboxylic acids is 1. The number of carbonyl (C=O) groups is 1. The Balaban J connectivity index is 2.22. The zero-order valence-electron chi connectivity index (χ0n) is 12.1. The Hall–Kier alpha value is -2.70. The number of fused-ring (bicyclic) bond motifs is 1. The number of aromatic nitrogens is 1. The number of halogens is 3. The lowest BCUT2D eigenvalue weighted by Gasteiger charge is -2.15. The highest BCUT2D eigenvalue weighted by Crippen LogP contribution is 2.37. The lowest BCUT2D eigenvalue weighted by Crippen LogP contribution is -2.14. The summed E-state index contributed by atoms with van der Waals surface area (Å²) in [4.78, 5) is 19.3. The van der Waals surface area contributed by atoms with Crippen LogP contribution in [0, 0.1) is 6.92 Å². The Bertz CT molecular complexity index is 841. The van der Waals surface area contributed by atoms with Crippen LogP contribution in [0.5, 0.6) is 0 Å². The zero-order chi connectivity index (χ0) is 16.8. The third kappa shape index (κ3) is 2.69. The molecular formula is C16H12F3N3O. The standard InChI is InChI=1S/C16H12F3N3O/c1-8-11(2-3-14(22-8)15(20)23)12-5-10(16(17,18)19)4-9-6-21-7-13(9)12/h2-5,7H,6H2,1H3,(H2,20,23). The molecule has 2 heterocycles. The molecule has 0 fully saturated rings. The molecule has 0 aliphatic carbocycles. The molecule has 1 aromatic carbocycles. The minimum atomic E-state index is -4.44. The van der Waals surface area contributed by atoms with Crippen molar-refractivity contribution in [2.75, 3.05) is 0 Å². The summed E-state index contributed by atoms with van der Waals surface area (Å²) in [5.41, 5.74) is 7.04. The van der Waals surface area contributed by atoms with Crippen LogP contribution in [0.2, 0.25) is 0 Å². The van der Waals surface area contributed by atoms with Crippen molar-refractivity contribution in [3.8, 4) is 11.1 Å². The van der Waals surface area contributed by atoms with Crippen molar-refractivity contribution in [1.82, 2.24) is 4.98 Å². The highest BCUT2D eigenvalue weighted by Gasteiger charge is 2.33. The minimum Gasteiger partial charge on any atom is -0.364 e. The molecule has 3 rings (SSSR count). The third-order valence-electron chi connectivity index (χ3n) is 3.70. The van der Waals surface area contributed by atoms with Crippen molar-refractivity contribution in [3.63, 3.8) is 0 Å². The Morgan fingerprint density at radius 2 is 1.96 bits per heavy atom. The number of benzene rings is 1. The van der Waals surface area contributed by atoms with Crippen molar-refractivity contribution in [2.24, 2.45) is 10.7 Å². The molecule has 0 atom stereocenters. The first-order valence-corrected chi connectivity index (χ1v) is 6.79. The van der Waals surface area contributed by atoms with E-state index in [0.29, 0.717) is 27.9 Å². The molecule has 2 N–H and O–H groups in total. The largest absolute Gasteiger partial charge is 0.416 e. The maximum Gasteiger partial charge on any atom is 0.416 e. The van der Waals surface area contributed by atoms with Gasteiger partial charge in [0.2, 0.25) is 0 Å². The van der Waals surface area contributed by atoms with Gasteiger partial charge >= 0.3 is 6.18 Å². The lowest BCUT2D eigenvalue weighted by molar-refractivity contribution is -0.137. The number of hydrogen-bond donors (Lipinski definition) is 1. The summed E-state index contributed by atoms with van der Waals surface area (Å²) in [5, 5.41) is 0. The molecule has 0 unspecified atom stereocenters. The summed E-state index contributed by atoms with van der Waals surface area (Å²) in [6.07, 6.45) is -2.88. The van der Waals surface area contributed by atoms with Crippen molar-refractivity contribution < 1.29 is 18.0 Å². The quantitative estimate of drug-likeness (QED) is 0.924. The van der Waals surface area contributed by atoms with Gasteiger partial charge < -0.3 is 5.73 Å². The van der Waals surface area contributed by atoms with Crippen molar-refractivity contribution >= 4 is 12.1 Å². The van der Waals surface area contributed by atoms with Crippen LogP contribution in [-0.4, -0.2) is 17.1 Å². The number of aliphatic imine (C=N–C) groups is 1. The van der Waals surface area contributed by atoms with E-state index in [4.69, 9.17) is 5.73 Å². The van der Waals surface area contributed by atoms with Gasteiger partial charge in [-0.3, -0.25) is 9.79 Å².